The first-order valence-electron chi connectivity index (χ1n) is 3.96. The SMILES string of the molecule is Cc1ccc(C(=O)OC(C)C)[nH]1. The van der Waals surface area contributed by atoms with Gasteiger partial charge in [-0.2, -0.15) is 0 Å². The molecule has 1 rings (SSSR count). The number of esters is 1. The van der Waals surface area contributed by atoms with Crippen molar-refractivity contribution in [3.8, 4) is 0 Å². The van der Waals surface area contributed by atoms with E-state index in [1.807, 2.05) is 26.8 Å². The fraction of sp³-hybridized carbons (Fsp3) is 0.444. The van der Waals surface area contributed by atoms with E-state index in [4.69, 9.17) is 4.74 Å². The van der Waals surface area contributed by atoms with E-state index in [1.165, 1.54) is 0 Å². The van der Waals surface area contributed by atoms with E-state index in [9.17, 15) is 4.79 Å². The van der Waals surface area contributed by atoms with E-state index < -0.39 is 0 Å². The first-order chi connectivity index (χ1) is 5.59. The second-order valence-electron chi connectivity index (χ2n) is 3.01. The third kappa shape index (κ3) is 2.12. The molecule has 0 radical (unpaired) electrons. The number of aryl methyl sites for hydroxylation is 1. The molecule has 0 fully saturated rings. The summed E-state index contributed by atoms with van der Waals surface area (Å²) in [6, 6.07) is 3.57. The minimum Gasteiger partial charge on any atom is -0.458 e. The van der Waals surface area contributed by atoms with Gasteiger partial charge in [-0.05, 0) is 32.9 Å². The molecule has 0 aliphatic carbocycles. The minimum absolute atomic E-state index is 0.0684. The summed E-state index contributed by atoms with van der Waals surface area (Å²) in [5, 5.41) is 0. The Balaban J connectivity index is 2.65. The molecule has 0 saturated heterocycles. The zero-order valence-corrected chi connectivity index (χ0v) is 7.55. The largest absolute Gasteiger partial charge is 0.458 e. The fourth-order valence-corrected chi connectivity index (χ4v) is 0.901. The van der Waals surface area contributed by atoms with Crippen LogP contribution in [0.5, 0.6) is 0 Å². The predicted molar refractivity (Wildman–Crippen MR) is 46.1 cm³/mol. The molecule has 1 aromatic rings. The first kappa shape index (κ1) is 8.84. The Morgan fingerprint density at radius 3 is 2.58 bits per heavy atom. The van der Waals surface area contributed by atoms with Crippen molar-refractivity contribution in [3.63, 3.8) is 0 Å². The van der Waals surface area contributed by atoms with Crippen LogP contribution in [0.1, 0.15) is 30.0 Å². The van der Waals surface area contributed by atoms with Crippen LogP contribution in [0, 0.1) is 6.92 Å². The van der Waals surface area contributed by atoms with Crippen LogP contribution in [0.15, 0.2) is 12.1 Å². The quantitative estimate of drug-likeness (QED) is 0.683. The predicted octanol–water partition coefficient (Wildman–Crippen LogP) is 1.89. The van der Waals surface area contributed by atoms with Gasteiger partial charge in [0, 0.05) is 5.69 Å². The Kier molecular flexibility index (Phi) is 2.53. The van der Waals surface area contributed by atoms with Crippen LogP contribution in [0.3, 0.4) is 0 Å². The molecule has 66 valence electrons. The van der Waals surface area contributed by atoms with Crippen LogP contribution >= 0.6 is 0 Å². The zero-order valence-electron chi connectivity index (χ0n) is 7.55. The Labute approximate surface area is 71.7 Å². The maximum absolute atomic E-state index is 11.2. The summed E-state index contributed by atoms with van der Waals surface area (Å²) in [4.78, 5) is 14.1. The molecule has 0 aliphatic heterocycles. The van der Waals surface area contributed by atoms with Crippen molar-refractivity contribution in [3.05, 3.63) is 23.5 Å². The molecule has 0 bridgehead atoms. The molecule has 3 heteroatoms. The second-order valence-corrected chi connectivity index (χ2v) is 3.01. The van der Waals surface area contributed by atoms with E-state index in [2.05, 4.69) is 4.98 Å². The van der Waals surface area contributed by atoms with Gasteiger partial charge in [-0.15, -0.1) is 0 Å². The number of carbonyl (C=O) groups excluding carboxylic acids is 1. The van der Waals surface area contributed by atoms with Crippen LogP contribution in [0.4, 0.5) is 0 Å². The lowest BCUT2D eigenvalue weighted by Crippen LogP contribution is -2.11. The maximum atomic E-state index is 11.2. The Bertz CT molecular complexity index is 276. The molecule has 0 saturated carbocycles. The number of hydrogen-bond donors (Lipinski definition) is 1. The second kappa shape index (κ2) is 3.43. The normalized spacial score (nSPS) is 10.3. The summed E-state index contributed by atoms with van der Waals surface area (Å²) in [6.07, 6.45) is -0.0684. The van der Waals surface area contributed by atoms with E-state index in [0.29, 0.717) is 5.69 Å². The van der Waals surface area contributed by atoms with Gasteiger partial charge in [-0.25, -0.2) is 4.79 Å². The summed E-state index contributed by atoms with van der Waals surface area (Å²) >= 11 is 0. The average molecular weight is 167 g/mol. The van der Waals surface area contributed by atoms with Crippen LogP contribution in [-0.2, 0) is 4.74 Å². The third-order valence-electron chi connectivity index (χ3n) is 1.39. The van der Waals surface area contributed by atoms with Gasteiger partial charge in [0.15, 0.2) is 0 Å². The highest BCUT2D eigenvalue weighted by Crippen LogP contribution is 2.03. The highest BCUT2D eigenvalue weighted by molar-refractivity contribution is 5.87. The van der Waals surface area contributed by atoms with Crippen LogP contribution in [-0.4, -0.2) is 17.1 Å². The molecule has 1 N–H and O–H groups in total. The van der Waals surface area contributed by atoms with Crippen molar-refractivity contribution >= 4 is 5.97 Å². The molecule has 3 nitrogen and oxygen atoms in total. The highest BCUT2D eigenvalue weighted by Gasteiger charge is 2.09. The summed E-state index contributed by atoms with van der Waals surface area (Å²) in [5.41, 5.74) is 1.48. The molecular weight excluding hydrogens is 154 g/mol. The number of H-pyrrole nitrogens is 1. The van der Waals surface area contributed by atoms with Crippen molar-refractivity contribution in [2.24, 2.45) is 0 Å². The fourth-order valence-electron chi connectivity index (χ4n) is 0.901. The molecule has 0 atom stereocenters. The van der Waals surface area contributed by atoms with Crippen LogP contribution in [0.2, 0.25) is 0 Å². The first-order valence-corrected chi connectivity index (χ1v) is 3.96. The summed E-state index contributed by atoms with van der Waals surface area (Å²) in [6.45, 7) is 5.55. The van der Waals surface area contributed by atoms with E-state index >= 15 is 0 Å². The average Bonchev–Trinajstić information content (AvgIpc) is 2.34. The zero-order chi connectivity index (χ0) is 9.14. The third-order valence-corrected chi connectivity index (χ3v) is 1.39. The van der Waals surface area contributed by atoms with Gasteiger partial charge in [0.25, 0.3) is 0 Å². The van der Waals surface area contributed by atoms with Gasteiger partial charge in [0.05, 0.1) is 6.10 Å². The number of aromatic amines is 1. The Morgan fingerprint density at radius 2 is 2.17 bits per heavy atom. The van der Waals surface area contributed by atoms with Crippen molar-refractivity contribution < 1.29 is 9.53 Å². The van der Waals surface area contributed by atoms with Crippen LogP contribution < -0.4 is 0 Å². The number of aromatic nitrogens is 1. The molecular formula is C9H13NO2. The monoisotopic (exact) mass is 167 g/mol. The summed E-state index contributed by atoms with van der Waals surface area (Å²) in [7, 11) is 0. The van der Waals surface area contributed by atoms with Gasteiger partial charge >= 0.3 is 5.97 Å². The van der Waals surface area contributed by atoms with Crippen LogP contribution in [0.25, 0.3) is 0 Å². The Morgan fingerprint density at radius 1 is 1.50 bits per heavy atom. The molecule has 0 unspecified atom stereocenters. The van der Waals surface area contributed by atoms with Crippen molar-refractivity contribution in [1.29, 1.82) is 0 Å². The number of hydrogen-bond acceptors (Lipinski definition) is 2. The molecule has 0 spiro atoms. The number of nitrogens with one attached hydrogen (secondary N) is 1. The van der Waals surface area contributed by atoms with Gasteiger partial charge in [-0.3, -0.25) is 0 Å². The number of rotatable bonds is 2. The standard InChI is InChI=1S/C9H13NO2/c1-6(2)12-9(11)8-5-4-7(3)10-8/h4-6,10H,1-3H3. The molecule has 0 amide bonds. The van der Waals surface area contributed by atoms with E-state index in [-0.39, 0.29) is 12.1 Å². The molecule has 1 aromatic heterocycles. The maximum Gasteiger partial charge on any atom is 0.354 e. The number of carbonyl (C=O) groups is 1. The lowest BCUT2D eigenvalue weighted by Gasteiger charge is -2.05. The van der Waals surface area contributed by atoms with Gasteiger partial charge in [-0.1, -0.05) is 0 Å². The minimum atomic E-state index is -0.293. The van der Waals surface area contributed by atoms with Crippen molar-refractivity contribution in [2.45, 2.75) is 26.9 Å². The topological polar surface area (TPSA) is 42.1 Å². The van der Waals surface area contributed by atoms with Crippen molar-refractivity contribution in [2.75, 3.05) is 0 Å². The Hall–Kier alpha value is -1.25. The van der Waals surface area contributed by atoms with Gasteiger partial charge in [0.1, 0.15) is 5.69 Å². The van der Waals surface area contributed by atoms with Crippen molar-refractivity contribution in [1.82, 2.24) is 4.98 Å². The highest BCUT2D eigenvalue weighted by atomic mass is 16.5. The molecule has 0 aliphatic rings. The molecule has 0 aromatic carbocycles. The lowest BCUT2D eigenvalue weighted by molar-refractivity contribution is 0.0371. The molecule has 12 heavy (non-hydrogen) atoms. The smallest absolute Gasteiger partial charge is 0.354 e. The van der Waals surface area contributed by atoms with Gasteiger partial charge < -0.3 is 9.72 Å². The molecule has 1 heterocycles. The summed E-state index contributed by atoms with van der Waals surface area (Å²) < 4.78 is 4.98. The van der Waals surface area contributed by atoms with Gasteiger partial charge in [0.2, 0.25) is 0 Å². The van der Waals surface area contributed by atoms with E-state index in [1.54, 1.807) is 6.07 Å². The van der Waals surface area contributed by atoms with E-state index in [0.717, 1.165) is 5.69 Å². The lowest BCUT2D eigenvalue weighted by atomic mass is 10.4. The summed E-state index contributed by atoms with van der Waals surface area (Å²) in [5.74, 6) is -0.293. The number of ether oxygens (including phenoxy) is 1.